The predicted molar refractivity (Wildman–Crippen MR) is 86.5 cm³/mol. The number of benzene rings is 2. The molecule has 0 aromatic heterocycles. The van der Waals surface area contributed by atoms with Gasteiger partial charge in [-0.25, -0.2) is 4.39 Å². The van der Waals surface area contributed by atoms with Crippen molar-refractivity contribution in [3.8, 4) is 6.07 Å². The molecule has 0 aliphatic rings. The highest BCUT2D eigenvalue weighted by Gasteiger charge is 2.09. The molecule has 2 N–H and O–H groups in total. The van der Waals surface area contributed by atoms with Crippen molar-refractivity contribution in [1.29, 1.82) is 5.26 Å². The summed E-state index contributed by atoms with van der Waals surface area (Å²) in [5.41, 5.74) is 1.04. The third-order valence-electron chi connectivity index (χ3n) is 2.71. The van der Waals surface area contributed by atoms with Crippen LogP contribution in [0, 0.1) is 17.1 Å². The van der Waals surface area contributed by atoms with E-state index in [1.807, 2.05) is 24.3 Å². The van der Waals surface area contributed by atoms with Gasteiger partial charge in [0.05, 0.1) is 5.69 Å². The van der Waals surface area contributed by atoms with Crippen molar-refractivity contribution in [2.45, 2.75) is 0 Å². The second-order valence-corrected chi connectivity index (χ2v) is 5.11. The molecular formula is C16H11BrFN3O. The summed E-state index contributed by atoms with van der Waals surface area (Å²) in [6, 6.07) is 14.4. The summed E-state index contributed by atoms with van der Waals surface area (Å²) < 4.78 is 13.6. The summed E-state index contributed by atoms with van der Waals surface area (Å²) in [6.45, 7) is 0. The van der Waals surface area contributed by atoms with Gasteiger partial charge in [0.1, 0.15) is 17.5 Å². The van der Waals surface area contributed by atoms with E-state index in [0.717, 1.165) is 10.2 Å². The monoisotopic (exact) mass is 359 g/mol. The Morgan fingerprint density at radius 1 is 1.18 bits per heavy atom. The molecule has 0 unspecified atom stereocenters. The zero-order valence-corrected chi connectivity index (χ0v) is 12.9. The number of amides is 1. The maximum absolute atomic E-state index is 12.8. The molecule has 2 aromatic rings. The summed E-state index contributed by atoms with van der Waals surface area (Å²) in [5, 5.41) is 14.5. The number of nitrogens with zero attached hydrogens (tertiary/aromatic N) is 1. The van der Waals surface area contributed by atoms with Gasteiger partial charge in [-0.2, -0.15) is 5.26 Å². The molecule has 2 aromatic carbocycles. The molecule has 110 valence electrons. The zero-order valence-electron chi connectivity index (χ0n) is 11.3. The molecule has 0 heterocycles. The molecule has 0 saturated heterocycles. The SMILES string of the molecule is N#C/C(=C/Nc1ccccc1Br)C(=O)Nc1ccc(F)cc1. The molecule has 0 bridgehead atoms. The minimum Gasteiger partial charge on any atom is -0.359 e. The Morgan fingerprint density at radius 2 is 1.86 bits per heavy atom. The Balaban J connectivity index is 2.09. The van der Waals surface area contributed by atoms with Crippen molar-refractivity contribution in [3.05, 3.63) is 70.6 Å². The van der Waals surface area contributed by atoms with Crippen LogP contribution in [-0.4, -0.2) is 5.91 Å². The van der Waals surface area contributed by atoms with Gasteiger partial charge < -0.3 is 10.6 Å². The zero-order chi connectivity index (χ0) is 15.9. The lowest BCUT2D eigenvalue weighted by molar-refractivity contribution is -0.112. The first kappa shape index (κ1) is 15.7. The van der Waals surface area contributed by atoms with Crippen LogP contribution in [0.2, 0.25) is 0 Å². The van der Waals surface area contributed by atoms with Gasteiger partial charge in [0, 0.05) is 16.4 Å². The molecule has 0 atom stereocenters. The van der Waals surface area contributed by atoms with Crippen LogP contribution in [0.5, 0.6) is 0 Å². The fourth-order valence-electron chi connectivity index (χ4n) is 1.61. The molecule has 0 fully saturated rings. The second kappa shape index (κ2) is 7.38. The Morgan fingerprint density at radius 3 is 2.50 bits per heavy atom. The molecule has 22 heavy (non-hydrogen) atoms. The van der Waals surface area contributed by atoms with Crippen LogP contribution >= 0.6 is 15.9 Å². The Labute approximate surface area is 135 Å². The smallest absolute Gasteiger partial charge is 0.267 e. The number of nitriles is 1. The molecular weight excluding hydrogens is 349 g/mol. The van der Waals surface area contributed by atoms with Crippen molar-refractivity contribution in [2.75, 3.05) is 10.6 Å². The molecule has 6 heteroatoms. The van der Waals surface area contributed by atoms with Crippen LogP contribution in [0.15, 0.2) is 64.8 Å². The first-order valence-electron chi connectivity index (χ1n) is 6.28. The highest BCUT2D eigenvalue weighted by molar-refractivity contribution is 9.10. The topological polar surface area (TPSA) is 64.9 Å². The van der Waals surface area contributed by atoms with Crippen LogP contribution < -0.4 is 10.6 Å². The Kier molecular flexibility index (Phi) is 5.28. The summed E-state index contributed by atoms with van der Waals surface area (Å²) in [5.74, 6) is -0.974. The van der Waals surface area contributed by atoms with Crippen LogP contribution in [0.1, 0.15) is 0 Å². The van der Waals surface area contributed by atoms with E-state index in [4.69, 9.17) is 5.26 Å². The molecule has 0 aliphatic heterocycles. The maximum Gasteiger partial charge on any atom is 0.267 e. The van der Waals surface area contributed by atoms with Crippen molar-refractivity contribution >= 4 is 33.2 Å². The molecule has 0 aliphatic carbocycles. The third kappa shape index (κ3) is 4.17. The van der Waals surface area contributed by atoms with Gasteiger partial charge in [-0.3, -0.25) is 4.79 Å². The van der Waals surface area contributed by atoms with E-state index in [1.165, 1.54) is 30.5 Å². The van der Waals surface area contributed by atoms with Crippen molar-refractivity contribution in [1.82, 2.24) is 0 Å². The first-order chi connectivity index (χ1) is 10.6. The van der Waals surface area contributed by atoms with E-state index in [0.29, 0.717) is 5.69 Å². The van der Waals surface area contributed by atoms with Gasteiger partial charge in [-0.1, -0.05) is 12.1 Å². The number of hydrogen-bond donors (Lipinski definition) is 2. The average Bonchev–Trinajstić information content (AvgIpc) is 2.52. The number of carbonyl (C=O) groups excluding carboxylic acids is 1. The van der Waals surface area contributed by atoms with Crippen molar-refractivity contribution in [2.24, 2.45) is 0 Å². The lowest BCUT2D eigenvalue weighted by atomic mass is 10.2. The second-order valence-electron chi connectivity index (χ2n) is 4.26. The molecule has 0 saturated carbocycles. The van der Waals surface area contributed by atoms with Gasteiger partial charge >= 0.3 is 0 Å². The normalized spacial score (nSPS) is 10.7. The molecule has 4 nitrogen and oxygen atoms in total. The number of para-hydroxylation sites is 1. The Bertz CT molecular complexity index is 751. The van der Waals surface area contributed by atoms with Gasteiger partial charge in [0.25, 0.3) is 5.91 Å². The number of anilines is 2. The van der Waals surface area contributed by atoms with Crippen LogP contribution in [0.3, 0.4) is 0 Å². The van der Waals surface area contributed by atoms with E-state index in [2.05, 4.69) is 26.6 Å². The van der Waals surface area contributed by atoms with E-state index in [-0.39, 0.29) is 5.57 Å². The summed E-state index contributed by atoms with van der Waals surface area (Å²) in [7, 11) is 0. The third-order valence-corrected chi connectivity index (χ3v) is 3.40. The van der Waals surface area contributed by atoms with Gasteiger partial charge in [-0.05, 0) is 52.3 Å². The van der Waals surface area contributed by atoms with Crippen LogP contribution in [0.25, 0.3) is 0 Å². The standard InChI is InChI=1S/C16H11BrFN3O/c17-14-3-1-2-4-15(14)20-10-11(9-19)16(22)21-13-7-5-12(18)6-8-13/h1-8,10,20H,(H,21,22)/b11-10-. The summed E-state index contributed by atoms with van der Waals surface area (Å²) in [6.07, 6.45) is 1.32. The van der Waals surface area contributed by atoms with Gasteiger partial charge in [-0.15, -0.1) is 0 Å². The highest BCUT2D eigenvalue weighted by Crippen LogP contribution is 2.21. The van der Waals surface area contributed by atoms with E-state index >= 15 is 0 Å². The number of rotatable bonds is 4. The minimum absolute atomic E-state index is 0.0971. The van der Waals surface area contributed by atoms with Gasteiger partial charge in [0.15, 0.2) is 0 Å². The fourth-order valence-corrected chi connectivity index (χ4v) is 2.01. The number of hydrogen-bond acceptors (Lipinski definition) is 3. The van der Waals surface area contributed by atoms with Crippen molar-refractivity contribution in [3.63, 3.8) is 0 Å². The highest BCUT2D eigenvalue weighted by atomic mass is 79.9. The van der Waals surface area contributed by atoms with Crippen LogP contribution in [-0.2, 0) is 4.79 Å². The number of carbonyl (C=O) groups is 1. The van der Waals surface area contributed by atoms with E-state index < -0.39 is 11.7 Å². The first-order valence-corrected chi connectivity index (χ1v) is 7.07. The fraction of sp³-hybridized carbons (Fsp3) is 0. The lowest BCUT2D eigenvalue weighted by Gasteiger charge is -2.06. The number of halogens is 2. The molecule has 1 amide bonds. The quantitative estimate of drug-likeness (QED) is 0.639. The molecule has 0 spiro atoms. The molecule has 0 radical (unpaired) electrons. The average molecular weight is 360 g/mol. The van der Waals surface area contributed by atoms with Gasteiger partial charge in [0.2, 0.25) is 0 Å². The van der Waals surface area contributed by atoms with E-state index in [9.17, 15) is 9.18 Å². The summed E-state index contributed by atoms with van der Waals surface area (Å²) >= 11 is 3.36. The maximum atomic E-state index is 12.8. The van der Waals surface area contributed by atoms with Crippen molar-refractivity contribution < 1.29 is 9.18 Å². The number of nitrogens with one attached hydrogen (secondary N) is 2. The predicted octanol–water partition coefficient (Wildman–Crippen LogP) is 4.05. The lowest BCUT2D eigenvalue weighted by Crippen LogP contribution is -2.14. The minimum atomic E-state index is -0.575. The van der Waals surface area contributed by atoms with E-state index in [1.54, 1.807) is 6.07 Å². The van der Waals surface area contributed by atoms with Crippen LogP contribution in [0.4, 0.5) is 15.8 Å². The summed E-state index contributed by atoms with van der Waals surface area (Å²) in [4.78, 5) is 12.0. The Hall–Kier alpha value is -2.65. The molecule has 2 rings (SSSR count). The largest absolute Gasteiger partial charge is 0.359 e.